The van der Waals surface area contributed by atoms with Gasteiger partial charge in [0.25, 0.3) is 5.91 Å². The Balaban J connectivity index is 1.57. The quantitative estimate of drug-likeness (QED) is 0.826. The molecule has 0 aliphatic carbocycles. The molecule has 1 amide bonds. The summed E-state index contributed by atoms with van der Waals surface area (Å²) in [5.74, 6) is 1.53. The largest absolute Gasteiger partial charge is 0.465 e. The molecule has 3 rings (SSSR count). The lowest BCUT2D eigenvalue weighted by Crippen LogP contribution is -2.35. The van der Waals surface area contributed by atoms with Gasteiger partial charge < -0.3 is 23.9 Å². The zero-order valence-corrected chi connectivity index (χ0v) is 15.2. The molecule has 2 aromatic rings. The number of hydrogen-bond donors (Lipinski definition) is 1. The SMILES string of the molecule is Cc1oc(C)c(C(=O)O[C@@H](C)C(=O)NCc2ccc3c(c2)OCO3)c1C. The molecule has 7 heteroatoms. The molecule has 1 N–H and O–H groups in total. The maximum atomic E-state index is 12.3. The Morgan fingerprint density at radius 1 is 1.15 bits per heavy atom. The second kappa shape index (κ2) is 7.11. The molecular formula is C19H21NO6. The highest BCUT2D eigenvalue weighted by molar-refractivity contribution is 5.94. The van der Waals surface area contributed by atoms with Gasteiger partial charge in [-0.15, -0.1) is 0 Å². The average Bonchev–Trinajstić information content (AvgIpc) is 3.16. The van der Waals surface area contributed by atoms with Gasteiger partial charge in [-0.3, -0.25) is 4.79 Å². The van der Waals surface area contributed by atoms with Crippen LogP contribution in [-0.4, -0.2) is 24.8 Å². The number of hydrogen-bond acceptors (Lipinski definition) is 6. The van der Waals surface area contributed by atoms with E-state index in [2.05, 4.69) is 5.32 Å². The van der Waals surface area contributed by atoms with Crippen molar-refractivity contribution in [3.8, 4) is 11.5 Å². The summed E-state index contributed by atoms with van der Waals surface area (Å²) in [6.07, 6.45) is -0.925. The molecule has 7 nitrogen and oxygen atoms in total. The van der Waals surface area contributed by atoms with Gasteiger partial charge in [0.05, 0.1) is 0 Å². The predicted molar refractivity (Wildman–Crippen MR) is 92.2 cm³/mol. The minimum absolute atomic E-state index is 0.199. The molecule has 1 aliphatic heterocycles. The fraction of sp³-hybridized carbons (Fsp3) is 0.368. The van der Waals surface area contributed by atoms with Gasteiger partial charge in [-0.05, 0) is 45.4 Å². The Bertz CT molecular complexity index is 854. The molecule has 0 saturated carbocycles. The second-order valence-electron chi connectivity index (χ2n) is 6.17. The molecule has 2 heterocycles. The number of aryl methyl sites for hydroxylation is 2. The minimum atomic E-state index is -0.925. The highest BCUT2D eigenvalue weighted by atomic mass is 16.7. The van der Waals surface area contributed by atoms with Crippen molar-refractivity contribution >= 4 is 11.9 Å². The summed E-state index contributed by atoms with van der Waals surface area (Å²) in [5, 5.41) is 2.75. The normalized spacial score (nSPS) is 13.4. The second-order valence-corrected chi connectivity index (χ2v) is 6.17. The maximum absolute atomic E-state index is 12.3. The molecule has 1 aliphatic rings. The highest BCUT2D eigenvalue weighted by Crippen LogP contribution is 2.32. The monoisotopic (exact) mass is 359 g/mol. The van der Waals surface area contributed by atoms with E-state index in [0.29, 0.717) is 35.1 Å². The van der Waals surface area contributed by atoms with Crippen LogP contribution in [0.15, 0.2) is 22.6 Å². The first-order valence-corrected chi connectivity index (χ1v) is 8.30. The van der Waals surface area contributed by atoms with Gasteiger partial charge in [0.1, 0.15) is 17.1 Å². The first kappa shape index (κ1) is 17.8. The van der Waals surface area contributed by atoms with E-state index in [-0.39, 0.29) is 12.7 Å². The molecule has 1 aromatic heterocycles. The molecule has 0 saturated heterocycles. The molecule has 26 heavy (non-hydrogen) atoms. The molecule has 1 atom stereocenters. The van der Waals surface area contributed by atoms with Crippen molar-refractivity contribution in [3.05, 3.63) is 46.4 Å². The van der Waals surface area contributed by atoms with Crippen LogP contribution >= 0.6 is 0 Å². The van der Waals surface area contributed by atoms with Crippen LogP contribution in [0.4, 0.5) is 0 Å². The molecule has 0 fully saturated rings. The lowest BCUT2D eigenvalue weighted by Gasteiger charge is -2.14. The van der Waals surface area contributed by atoms with Crippen molar-refractivity contribution in [3.63, 3.8) is 0 Å². The van der Waals surface area contributed by atoms with E-state index in [1.54, 1.807) is 32.9 Å². The molecule has 0 unspecified atom stereocenters. The standard InChI is InChI=1S/C19H21NO6/c1-10-11(2)25-12(3)17(10)19(22)26-13(4)18(21)20-8-14-5-6-15-16(7-14)24-9-23-15/h5-7,13H,8-9H2,1-4H3,(H,20,21)/t13-/m0/s1. The molecule has 0 radical (unpaired) electrons. The number of ether oxygens (including phenoxy) is 3. The van der Waals surface area contributed by atoms with Gasteiger partial charge >= 0.3 is 5.97 Å². The molecule has 0 bridgehead atoms. The van der Waals surface area contributed by atoms with E-state index >= 15 is 0 Å². The van der Waals surface area contributed by atoms with Gasteiger partial charge in [-0.25, -0.2) is 4.79 Å². The van der Waals surface area contributed by atoms with Gasteiger partial charge in [0.2, 0.25) is 6.79 Å². The summed E-state index contributed by atoms with van der Waals surface area (Å²) in [6.45, 7) is 7.28. The Labute approximate surface area is 151 Å². The Morgan fingerprint density at radius 3 is 2.58 bits per heavy atom. The van der Waals surface area contributed by atoms with Gasteiger partial charge in [0.15, 0.2) is 17.6 Å². The van der Waals surface area contributed by atoms with Crippen LogP contribution in [0.3, 0.4) is 0 Å². The third-order valence-corrected chi connectivity index (χ3v) is 4.32. The number of amides is 1. The van der Waals surface area contributed by atoms with Gasteiger partial charge in [0, 0.05) is 12.1 Å². The lowest BCUT2D eigenvalue weighted by atomic mass is 10.1. The van der Waals surface area contributed by atoms with E-state index < -0.39 is 12.1 Å². The number of nitrogens with one attached hydrogen (secondary N) is 1. The Morgan fingerprint density at radius 2 is 1.88 bits per heavy atom. The minimum Gasteiger partial charge on any atom is -0.465 e. The summed E-state index contributed by atoms with van der Waals surface area (Å²) in [6, 6.07) is 5.44. The van der Waals surface area contributed by atoms with E-state index in [9.17, 15) is 9.59 Å². The van der Waals surface area contributed by atoms with Crippen LogP contribution in [0.25, 0.3) is 0 Å². The van der Waals surface area contributed by atoms with E-state index in [1.165, 1.54) is 6.92 Å². The number of benzene rings is 1. The van der Waals surface area contributed by atoms with Gasteiger partial charge in [-0.2, -0.15) is 0 Å². The van der Waals surface area contributed by atoms with Crippen LogP contribution in [0.2, 0.25) is 0 Å². The summed E-state index contributed by atoms with van der Waals surface area (Å²) in [5.41, 5.74) is 1.96. The summed E-state index contributed by atoms with van der Waals surface area (Å²) < 4.78 is 21.3. The Kier molecular flexibility index (Phi) is 4.88. The van der Waals surface area contributed by atoms with Crippen molar-refractivity contribution in [1.29, 1.82) is 0 Å². The summed E-state index contributed by atoms with van der Waals surface area (Å²) in [7, 11) is 0. The van der Waals surface area contributed by atoms with Gasteiger partial charge in [-0.1, -0.05) is 6.07 Å². The molecular weight excluding hydrogens is 338 g/mol. The third-order valence-electron chi connectivity index (χ3n) is 4.32. The van der Waals surface area contributed by atoms with Crippen molar-refractivity contribution in [2.45, 2.75) is 40.3 Å². The number of fused-ring (bicyclic) bond motifs is 1. The van der Waals surface area contributed by atoms with Crippen molar-refractivity contribution in [2.75, 3.05) is 6.79 Å². The molecule has 138 valence electrons. The van der Waals surface area contributed by atoms with E-state index in [0.717, 1.165) is 11.1 Å². The fourth-order valence-electron chi connectivity index (χ4n) is 2.75. The number of carbonyl (C=O) groups excluding carboxylic acids is 2. The average molecular weight is 359 g/mol. The lowest BCUT2D eigenvalue weighted by molar-refractivity contribution is -0.129. The maximum Gasteiger partial charge on any atom is 0.342 e. The summed E-state index contributed by atoms with van der Waals surface area (Å²) >= 11 is 0. The van der Waals surface area contributed by atoms with Crippen molar-refractivity contribution in [2.24, 2.45) is 0 Å². The van der Waals surface area contributed by atoms with E-state index in [4.69, 9.17) is 18.6 Å². The zero-order chi connectivity index (χ0) is 18.8. The Hall–Kier alpha value is -2.96. The van der Waals surface area contributed by atoms with Crippen molar-refractivity contribution in [1.82, 2.24) is 5.32 Å². The topological polar surface area (TPSA) is 87.0 Å². The molecule has 1 aromatic carbocycles. The number of rotatable bonds is 5. The van der Waals surface area contributed by atoms with Crippen LogP contribution in [0, 0.1) is 20.8 Å². The summed E-state index contributed by atoms with van der Waals surface area (Å²) in [4.78, 5) is 24.5. The smallest absolute Gasteiger partial charge is 0.342 e. The van der Waals surface area contributed by atoms with Crippen LogP contribution < -0.4 is 14.8 Å². The predicted octanol–water partition coefficient (Wildman–Crippen LogP) is 2.80. The first-order chi connectivity index (χ1) is 12.4. The number of esters is 1. The zero-order valence-electron chi connectivity index (χ0n) is 15.2. The number of furan rings is 1. The van der Waals surface area contributed by atoms with Crippen molar-refractivity contribution < 1.29 is 28.2 Å². The van der Waals surface area contributed by atoms with Crippen LogP contribution in [-0.2, 0) is 16.1 Å². The van der Waals surface area contributed by atoms with E-state index in [1.807, 2.05) is 6.07 Å². The highest BCUT2D eigenvalue weighted by Gasteiger charge is 2.24. The number of carbonyl (C=O) groups is 2. The fourth-order valence-corrected chi connectivity index (χ4v) is 2.75. The first-order valence-electron chi connectivity index (χ1n) is 8.30. The molecule has 0 spiro atoms. The van der Waals surface area contributed by atoms with Crippen LogP contribution in [0.1, 0.15) is 39.9 Å². The third kappa shape index (κ3) is 3.51. The van der Waals surface area contributed by atoms with Crippen LogP contribution in [0.5, 0.6) is 11.5 Å².